The van der Waals surface area contributed by atoms with Crippen LogP contribution in [0.1, 0.15) is 73.3 Å². The maximum atomic E-state index is 8.76. The molecule has 0 spiro atoms. The van der Waals surface area contributed by atoms with Crippen LogP contribution in [0.15, 0.2) is 24.3 Å². The van der Waals surface area contributed by atoms with E-state index in [0.717, 1.165) is 5.92 Å². The molecule has 1 rings (SSSR count). The van der Waals surface area contributed by atoms with E-state index in [1.165, 1.54) is 24.8 Å². The van der Waals surface area contributed by atoms with Crippen molar-refractivity contribution >= 4 is 0 Å². The average molecular weight is 268 g/mol. The molecule has 0 fully saturated rings. The Balaban J connectivity index is -0.000000215. The zero-order valence-corrected chi connectivity index (χ0v) is 14.5. The second-order valence-corrected chi connectivity index (χ2v) is 4.37. The van der Waals surface area contributed by atoms with Gasteiger partial charge in [0.15, 0.2) is 0 Å². The van der Waals surface area contributed by atoms with Crippen LogP contribution in [0.5, 0.6) is 5.75 Å². The minimum Gasteiger partial charge on any atom is -0.508 e. The highest BCUT2D eigenvalue weighted by molar-refractivity contribution is 5.24. The van der Waals surface area contributed by atoms with Gasteiger partial charge in [-0.15, -0.1) is 0 Å². The Morgan fingerprint density at radius 3 is 1.58 bits per heavy atom. The van der Waals surface area contributed by atoms with Crippen LogP contribution in [-0.4, -0.2) is 5.11 Å². The number of phenolic OH excluding ortho intramolecular Hbond substituents is 1. The summed E-state index contributed by atoms with van der Waals surface area (Å²) in [6.07, 6.45) is 4.15. The highest BCUT2D eigenvalue weighted by Crippen LogP contribution is 2.07. The lowest BCUT2D eigenvalue weighted by Gasteiger charge is -1.98. The number of hydrogen-bond donors (Lipinski definition) is 1. The maximum Gasteiger partial charge on any atom is 0.115 e. The molecule has 0 atom stereocenters. The van der Waals surface area contributed by atoms with Gasteiger partial charge < -0.3 is 5.11 Å². The first kappa shape index (κ1) is 23.1. The summed E-state index contributed by atoms with van der Waals surface area (Å²) in [5, 5.41) is 8.76. The molecule has 0 aromatic heterocycles. The van der Waals surface area contributed by atoms with Gasteiger partial charge in [0.2, 0.25) is 0 Å². The molecule has 1 N–H and O–H groups in total. The van der Waals surface area contributed by atoms with Crippen LogP contribution in [0.2, 0.25) is 0 Å². The van der Waals surface area contributed by atoms with Crippen LogP contribution in [0, 0.1) is 12.8 Å². The molecule has 0 aliphatic heterocycles. The third-order valence-electron chi connectivity index (χ3n) is 2.17. The Morgan fingerprint density at radius 1 is 0.947 bits per heavy atom. The standard InChI is InChI=1S/C7H8O.C7H16.2C2H6/c1-6-2-4-7(8)5-3-6;1-4-5-6-7(2)3;2*1-2/h2-5,8H,1H3;7H,4-6H2,1-3H3;2*1-2H3. The van der Waals surface area contributed by atoms with Crippen molar-refractivity contribution in [2.45, 2.75) is 74.7 Å². The fourth-order valence-corrected chi connectivity index (χ4v) is 1.16. The van der Waals surface area contributed by atoms with E-state index < -0.39 is 0 Å². The molecule has 0 aliphatic carbocycles. The molecule has 1 nitrogen and oxygen atoms in total. The largest absolute Gasteiger partial charge is 0.508 e. The first-order valence-electron chi connectivity index (χ1n) is 7.82. The second-order valence-electron chi connectivity index (χ2n) is 4.37. The van der Waals surface area contributed by atoms with Crippen molar-refractivity contribution in [2.75, 3.05) is 0 Å². The highest BCUT2D eigenvalue weighted by atomic mass is 16.3. The predicted molar refractivity (Wildman–Crippen MR) is 89.9 cm³/mol. The van der Waals surface area contributed by atoms with Gasteiger partial charge in [-0.25, -0.2) is 0 Å². The van der Waals surface area contributed by atoms with Crippen LogP contribution in [0.4, 0.5) is 0 Å². The van der Waals surface area contributed by atoms with Crippen LogP contribution in [-0.2, 0) is 0 Å². The Labute approximate surface area is 122 Å². The van der Waals surface area contributed by atoms with Gasteiger partial charge in [-0.3, -0.25) is 0 Å². The smallest absolute Gasteiger partial charge is 0.115 e. The number of benzene rings is 1. The number of aryl methyl sites for hydroxylation is 1. The number of phenols is 1. The Bertz CT molecular complexity index is 215. The van der Waals surface area contributed by atoms with E-state index in [2.05, 4.69) is 20.8 Å². The van der Waals surface area contributed by atoms with Crippen LogP contribution in [0.25, 0.3) is 0 Å². The zero-order valence-electron chi connectivity index (χ0n) is 14.5. The molecule has 0 unspecified atom stereocenters. The summed E-state index contributed by atoms with van der Waals surface area (Å²) in [4.78, 5) is 0. The minimum absolute atomic E-state index is 0.329. The predicted octanol–water partition coefficient (Wildman–Crippen LogP) is 6.59. The Kier molecular flexibility index (Phi) is 23.6. The van der Waals surface area contributed by atoms with Crippen molar-refractivity contribution in [3.05, 3.63) is 29.8 Å². The lowest BCUT2D eigenvalue weighted by atomic mass is 10.1. The SMILES string of the molecule is CC.CC.CCCCC(C)C.Cc1ccc(O)cc1. The van der Waals surface area contributed by atoms with E-state index in [9.17, 15) is 0 Å². The van der Waals surface area contributed by atoms with Gasteiger partial charge in [0.25, 0.3) is 0 Å². The van der Waals surface area contributed by atoms with Crippen molar-refractivity contribution in [2.24, 2.45) is 5.92 Å². The van der Waals surface area contributed by atoms with E-state index in [1.54, 1.807) is 12.1 Å². The first-order chi connectivity index (χ1) is 9.06. The first-order valence-corrected chi connectivity index (χ1v) is 7.82. The zero-order chi connectivity index (χ0) is 15.7. The minimum atomic E-state index is 0.329. The Hall–Kier alpha value is -0.980. The van der Waals surface area contributed by atoms with E-state index in [4.69, 9.17) is 5.11 Å². The topological polar surface area (TPSA) is 20.2 Å². The van der Waals surface area contributed by atoms with Gasteiger partial charge in [-0.1, -0.05) is 85.4 Å². The molecule has 19 heavy (non-hydrogen) atoms. The number of rotatable bonds is 3. The molecule has 0 saturated carbocycles. The van der Waals surface area contributed by atoms with Gasteiger partial charge in [0.05, 0.1) is 0 Å². The number of unbranched alkanes of at least 4 members (excludes halogenated alkanes) is 1. The summed E-state index contributed by atoms with van der Waals surface area (Å²) < 4.78 is 0. The van der Waals surface area contributed by atoms with E-state index in [1.807, 2.05) is 46.8 Å². The lowest BCUT2D eigenvalue weighted by Crippen LogP contribution is -1.83. The fraction of sp³-hybridized carbons (Fsp3) is 0.667. The van der Waals surface area contributed by atoms with Gasteiger partial charge in [-0.2, -0.15) is 0 Å². The van der Waals surface area contributed by atoms with Crippen molar-refractivity contribution in [3.8, 4) is 5.75 Å². The molecule has 0 aliphatic rings. The van der Waals surface area contributed by atoms with Crippen LogP contribution in [0.3, 0.4) is 0 Å². The van der Waals surface area contributed by atoms with Gasteiger partial charge in [0, 0.05) is 0 Å². The van der Waals surface area contributed by atoms with Crippen molar-refractivity contribution < 1.29 is 5.11 Å². The summed E-state index contributed by atoms with van der Waals surface area (Å²) in [6.45, 7) is 16.8. The third-order valence-corrected chi connectivity index (χ3v) is 2.17. The van der Waals surface area contributed by atoms with Crippen molar-refractivity contribution in [3.63, 3.8) is 0 Å². The molecule has 1 heteroatoms. The van der Waals surface area contributed by atoms with Crippen LogP contribution < -0.4 is 0 Å². The molecule has 0 amide bonds. The molecule has 1 aromatic rings. The molecule has 0 heterocycles. The number of hydrogen-bond acceptors (Lipinski definition) is 1. The van der Waals surface area contributed by atoms with Crippen molar-refractivity contribution in [1.29, 1.82) is 0 Å². The average Bonchev–Trinajstić information content (AvgIpc) is 2.45. The molecule has 0 radical (unpaired) electrons. The quantitative estimate of drug-likeness (QED) is 0.656. The summed E-state index contributed by atoms with van der Waals surface area (Å²) >= 11 is 0. The van der Waals surface area contributed by atoms with Crippen LogP contribution >= 0.6 is 0 Å². The molecular formula is C18H36O. The summed E-state index contributed by atoms with van der Waals surface area (Å²) in [6, 6.07) is 7.09. The third kappa shape index (κ3) is 22.7. The Morgan fingerprint density at radius 2 is 1.37 bits per heavy atom. The lowest BCUT2D eigenvalue weighted by molar-refractivity contribution is 0.475. The highest BCUT2D eigenvalue weighted by Gasteiger charge is 1.88. The normalized spacial score (nSPS) is 8.26. The monoisotopic (exact) mass is 268 g/mol. The molecule has 0 saturated heterocycles. The molecule has 0 bridgehead atoms. The molecule has 114 valence electrons. The van der Waals surface area contributed by atoms with Gasteiger partial charge in [0.1, 0.15) is 5.75 Å². The number of aromatic hydroxyl groups is 1. The van der Waals surface area contributed by atoms with Gasteiger partial charge >= 0.3 is 0 Å². The van der Waals surface area contributed by atoms with Gasteiger partial charge in [-0.05, 0) is 25.0 Å². The molecular weight excluding hydrogens is 232 g/mol. The fourth-order valence-electron chi connectivity index (χ4n) is 1.16. The van der Waals surface area contributed by atoms with E-state index in [0.29, 0.717) is 5.75 Å². The summed E-state index contributed by atoms with van der Waals surface area (Å²) in [5.74, 6) is 1.23. The summed E-state index contributed by atoms with van der Waals surface area (Å²) in [5.41, 5.74) is 1.17. The molecule has 1 aromatic carbocycles. The van der Waals surface area contributed by atoms with Crippen molar-refractivity contribution in [1.82, 2.24) is 0 Å². The maximum absolute atomic E-state index is 8.76. The summed E-state index contributed by atoms with van der Waals surface area (Å²) in [7, 11) is 0. The van der Waals surface area contributed by atoms with E-state index in [-0.39, 0.29) is 0 Å². The second kappa shape index (κ2) is 19.4. The van der Waals surface area contributed by atoms with E-state index >= 15 is 0 Å².